The van der Waals surface area contributed by atoms with Crippen LogP contribution in [0.4, 0.5) is 4.39 Å². The molecule has 0 heterocycles. The monoisotopic (exact) mass is 301 g/mol. The summed E-state index contributed by atoms with van der Waals surface area (Å²) in [5.41, 5.74) is 1.24. The summed E-state index contributed by atoms with van der Waals surface area (Å²) >= 11 is 3.29. The number of halogens is 2. The number of unbranched alkanes of at least 4 members (excludes halogenated alkanes) is 1. The number of aryl methyl sites for hydroxylation is 1. The van der Waals surface area contributed by atoms with E-state index in [1.165, 1.54) is 6.07 Å². The number of benzene rings is 1. The first kappa shape index (κ1) is 14.7. The van der Waals surface area contributed by atoms with Crippen LogP contribution in [0.3, 0.4) is 0 Å². The van der Waals surface area contributed by atoms with E-state index in [9.17, 15) is 4.39 Å². The molecule has 0 radical (unpaired) electrons. The van der Waals surface area contributed by atoms with Gasteiger partial charge in [-0.2, -0.15) is 0 Å². The van der Waals surface area contributed by atoms with Crippen LogP contribution in [0.5, 0.6) is 0 Å². The first-order valence-electron chi connectivity index (χ1n) is 6.08. The Morgan fingerprint density at radius 1 is 1.24 bits per heavy atom. The minimum Gasteiger partial charge on any atom is -0.312 e. The lowest BCUT2D eigenvalue weighted by molar-refractivity contribution is 0.419. The predicted molar refractivity (Wildman–Crippen MR) is 74.8 cm³/mol. The van der Waals surface area contributed by atoms with Crippen molar-refractivity contribution in [1.29, 1.82) is 0 Å². The van der Waals surface area contributed by atoms with Crippen molar-refractivity contribution in [1.82, 2.24) is 5.32 Å². The molecule has 1 N–H and O–H groups in total. The lowest BCUT2D eigenvalue weighted by atomic mass is 10.1. The van der Waals surface area contributed by atoms with Crippen molar-refractivity contribution in [3.8, 4) is 0 Å². The maximum Gasteiger partial charge on any atom is 0.137 e. The van der Waals surface area contributed by atoms with Crippen molar-refractivity contribution in [3.05, 3.63) is 34.1 Å². The molecule has 0 amide bonds. The van der Waals surface area contributed by atoms with Crippen LogP contribution >= 0.6 is 15.9 Å². The summed E-state index contributed by atoms with van der Waals surface area (Å²) in [6.45, 7) is 7.50. The third-order valence-corrected chi connectivity index (χ3v) is 3.45. The van der Waals surface area contributed by atoms with E-state index >= 15 is 0 Å². The van der Waals surface area contributed by atoms with Crippen LogP contribution in [0.15, 0.2) is 22.7 Å². The topological polar surface area (TPSA) is 12.0 Å². The van der Waals surface area contributed by atoms with Crippen LogP contribution in [0.25, 0.3) is 0 Å². The molecule has 0 bridgehead atoms. The Hall–Kier alpha value is -0.410. The third-order valence-electron chi connectivity index (χ3n) is 2.56. The minimum atomic E-state index is -0.171. The molecule has 0 saturated carbocycles. The van der Waals surface area contributed by atoms with E-state index in [1.807, 2.05) is 6.07 Å². The fourth-order valence-electron chi connectivity index (χ4n) is 1.65. The zero-order chi connectivity index (χ0) is 12.9. The van der Waals surface area contributed by atoms with Crippen molar-refractivity contribution in [2.75, 3.05) is 6.54 Å². The van der Waals surface area contributed by atoms with Crippen LogP contribution in [0.1, 0.15) is 39.2 Å². The average molecular weight is 302 g/mol. The first-order valence-corrected chi connectivity index (χ1v) is 6.87. The molecule has 1 nitrogen and oxygen atoms in total. The SMILES string of the molecule is CC(C)(C)NCCCCc1cccc(F)c1Br. The zero-order valence-electron chi connectivity index (χ0n) is 10.8. The molecule has 0 aliphatic rings. The first-order chi connectivity index (χ1) is 7.90. The van der Waals surface area contributed by atoms with Crippen LogP contribution in [0, 0.1) is 5.82 Å². The summed E-state index contributed by atoms with van der Waals surface area (Å²) in [6, 6.07) is 5.22. The second-order valence-corrected chi connectivity index (χ2v) is 6.14. The molecular weight excluding hydrogens is 281 g/mol. The summed E-state index contributed by atoms with van der Waals surface area (Å²) in [5.74, 6) is -0.171. The van der Waals surface area contributed by atoms with E-state index in [2.05, 4.69) is 42.0 Å². The number of rotatable bonds is 5. The summed E-state index contributed by atoms with van der Waals surface area (Å²) in [4.78, 5) is 0. The summed E-state index contributed by atoms with van der Waals surface area (Å²) < 4.78 is 13.9. The normalized spacial score (nSPS) is 11.8. The van der Waals surface area contributed by atoms with E-state index in [4.69, 9.17) is 0 Å². The van der Waals surface area contributed by atoms with Gasteiger partial charge in [-0.1, -0.05) is 12.1 Å². The predicted octanol–water partition coefficient (Wildman–Crippen LogP) is 4.30. The molecule has 1 rings (SSSR count). The fraction of sp³-hybridized carbons (Fsp3) is 0.571. The standard InChI is InChI=1S/C14H21BrFN/c1-14(2,3)17-10-5-4-7-11-8-6-9-12(16)13(11)15/h6,8-9,17H,4-5,7,10H2,1-3H3. The van der Waals surface area contributed by atoms with E-state index in [-0.39, 0.29) is 11.4 Å². The maximum atomic E-state index is 13.3. The van der Waals surface area contributed by atoms with Crippen LogP contribution in [-0.2, 0) is 6.42 Å². The van der Waals surface area contributed by atoms with E-state index in [1.54, 1.807) is 6.07 Å². The van der Waals surface area contributed by atoms with Gasteiger partial charge in [0.1, 0.15) is 5.82 Å². The average Bonchev–Trinajstić information content (AvgIpc) is 2.22. The molecule has 17 heavy (non-hydrogen) atoms. The van der Waals surface area contributed by atoms with E-state index in [0.29, 0.717) is 4.47 Å². The second-order valence-electron chi connectivity index (χ2n) is 5.35. The third kappa shape index (κ3) is 5.64. The van der Waals surface area contributed by atoms with Gasteiger partial charge in [-0.25, -0.2) is 4.39 Å². The molecule has 0 aliphatic heterocycles. The zero-order valence-corrected chi connectivity index (χ0v) is 12.4. The quantitative estimate of drug-likeness (QED) is 0.800. The Labute approximate surface area is 112 Å². The number of hydrogen-bond donors (Lipinski definition) is 1. The van der Waals surface area contributed by atoms with Crippen LogP contribution < -0.4 is 5.32 Å². The summed E-state index contributed by atoms with van der Waals surface area (Å²) in [5, 5.41) is 3.45. The molecule has 0 saturated heterocycles. The highest BCUT2D eigenvalue weighted by atomic mass is 79.9. The Morgan fingerprint density at radius 3 is 2.59 bits per heavy atom. The molecule has 0 unspecified atom stereocenters. The Balaban J connectivity index is 2.29. The van der Waals surface area contributed by atoms with Gasteiger partial charge in [0.05, 0.1) is 4.47 Å². The molecular formula is C14H21BrFN. The molecule has 1 aromatic carbocycles. The lowest BCUT2D eigenvalue weighted by Gasteiger charge is -2.20. The number of hydrogen-bond acceptors (Lipinski definition) is 1. The second kappa shape index (κ2) is 6.50. The Kier molecular flexibility index (Phi) is 5.60. The summed E-state index contributed by atoms with van der Waals surface area (Å²) in [7, 11) is 0. The van der Waals surface area contributed by atoms with Crippen molar-refractivity contribution in [2.45, 2.75) is 45.6 Å². The van der Waals surface area contributed by atoms with Gasteiger partial charge in [0.25, 0.3) is 0 Å². The molecule has 0 atom stereocenters. The molecule has 1 aromatic rings. The van der Waals surface area contributed by atoms with E-state index < -0.39 is 0 Å². The van der Waals surface area contributed by atoms with Gasteiger partial charge in [-0.3, -0.25) is 0 Å². The van der Waals surface area contributed by atoms with Crippen LogP contribution in [0.2, 0.25) is 0 Å². The molecule has 3 heteroatoms. The van der Waals surface area contributed by atoms with Crippen molar-refractivity contribution in [3.63, 3.8) is 0 Å². The molecule has 0 fully saturated rings. The molecule has 0 aliphatic carbocycles. The minimum absolute atomic E-state index is 0.171. The Morgan fingerprint density at radius 2 is 1.94 bits per heavy atom. The van der Waals surface area contributed by atoms with Gasteiger partial charge in [0.2, 0.25) is 0 Å². The lowest BCUT2D eigenvalue weighted by Crippen LogP contribution is -2.36. The highest BCUT2D eigenvalue weighted by Gasteiger charge is 2.08. The fourth-order valence-corrected chi connectivity index (χ4v) is 2.11. The van der Waals surface area contributed by atoms with Gasteiger partial charge < -0.3 is 5.32 Å². The highest BCUT2D eigenvalue weighted by Crippen LogP contribution is 2.21. The largest absolute Gasteiger partial charge is 0.312 e. The van der Waals surface area contributed by atoms with Crippen molar-refractivity contribution >= 4 is 15.9 Å². The van der Waals surface area contributed by atoms with E-state index in [0.717, 1.165) is 31.4 Å². The molecule has 0 aromatic heterocycles. The van der Waals surface area contributed by atoms with Gasteiger partial charge in [0.15, 0.2) is 0 Å². The van der Waals surface area contributed by atoms with Gasteiger partial charge in [-0.15, -0.1) is 0 Å². The number of nitrogens with one attached hydrogen (secondary N) is 1. The Bertz CT molecular complexity index is 358. The van der Waals surface area contributed by atoms with Crippen molar-refractivity contribution < 1.29 is 4.39 Å². The summed E-state index contributed by atoms with van der Waals surface area (Å²) in [6.07, 6.45) is 3.11. The van der Waals surface area contributed by atoms with Crippen LogP contribution in [-0.4, -0.2) is 12.1 Å². The highest BCUT2D eigenvalue weighted by molar-refractivity contribution is 9.10. The maximum absolute atomic E-state index is 13.3. The van der Waals surface area contributed by atoms with Gasteiger partial charge >= 0.3 is 0 Å². The van der Waals surface area contributed by atoms with Gasteiger partial charge in [-0.05, 0) is 74.1 Å². The van der Waals surface area contributed by atoms with Crippen molar-refractivity contribution in [2.24, 2.45) is 0 Å². The smallest absolute Gasteiger partial charge is 0.137 e. The molecule has 0 spiro atoms. The van der Waals surface area contributed by atoms with Gasteiger partial charge in [0, 0.05) is 5.54 Å². The molecule has 96 valence electrons.